The fourth-order valence-corrected chi connectivity index (χ4v) is 4.09. The molecule has 0 radical (unpaired) electrons. The summed E-state index contributed by atoms with van der Waals surface area (Å²) in [5.41, 5.74) is 0.761. The third-order valence-electron chi connectivity index (χ3n) is 5.89. The van der Waals surface area contributed by atoms with Crippen LogP contribution in [0.5, 0.6) is 0 Å². The Bertz CT molecular complexity index is 752. The third-order valence-corrected chi connectivity index (χ3v) is 5.89. The van der Waals surface area contributed by atoms with Crippen molar-refractivity contribution in [2.75, 3.05) is 32.7 Å². The van der Waals surface area contributed by atoms with E-state index in [9.17, 15) is 9.90 Å². The van der Waals surface area contributed by atoms with Gasteiger partial charge in [0.1, 0.15) is 0 Å². The lowest BCUT2D eigenvalue weighted by molar-refractivity contribution is -0.142. The molecule has 4 nitrogen and oxygen atoms in total. The minimum Gasteiger partial charge on any atom is -0.377 e. The Morgan fingerprint density at radius 1 is 0.889 bits per heavy atom. The van der Waals surface area contributed by atoms with E-state index in [1.807, 2.05) is 36.4 Å². The van der Waals surface area contributed by atoms with Crippen LogP contribution in [-0.2, 0) is 16.9 Å². The molecule has 1 saturated heterocycles. The van der Waals surface area contributed by atoms with Crippen molar-refractivity contribution < 1.29 is 9.90 Å². The number of ketones is 1. The lowest BCUT2D eigenvalue weighted by Crippen LogP contribution is -2.51. The van der Waals surface area contributed by atoms with E-state index in [2.05, 4.69) is 34.1 Å². The number of rotatable bonds is 7. The highest BCUT2D eigenvalue weighted by molar-refractivity contribution is 5.90. The topological polar surface area (TPSA) is 43.8 Å². The van der Waals surface area contributed by atoms with Crippen molar-refractivity contribution in [2.24, 2.45) is 5.92 Å². The van der Waals surface area contributed by atoms with Crippen molar-refractivity contribution in [3.63, 3.8) is 0 Å². The second-order valence-electron chi connectivity index (χ2n) is 7.87. The van der Waals surface area contributed by atoms with Gasteiger partial charge in [0.2, 0.25) is 0 Å². The molecule has 1 aliphatic heterocycles. The van der Waals surface area contributed by atoms with Gasteiger partial charge in [-0.05, 0) is 29.9 Å². The molecule has 1 saturated carbocycles. The van der Waals surface area contributed by atoms with Crippen LogP contribution in [0.25, 0.3) is 0 Å². The second kappa shape index (κ2) is 7.93. The first-order valence-corrected chi connectivity index (χ1v) is 9.96. The molecule has 2 fully saturated rings. The van der Waals surface area contributed by atoms with Crippen LogP contribution < -0.4 is 0 Å². The molecule has 27 heavy (non-hydrogen) atoms. The van der Waals surface area contributed by atoms with Crippen molar-refractivity contribution in [2.45, 2.75) is 25.0 Å². The Kier molecular flexibility index (Phi) is 5.39. The van der Waals surface area contributed by atoms with Gasteiger partial charge in [-0.2, -0.15) is 0 Å². The molecular formula is C23H28N2O2. The van der Waals surface area contributed by atoms with Gasteiger partial charge < -0.3 is 5.11 Å². The number of Topliss-reactive ketones (excluding diaryl/α,β-unsaturated/α-hetero) is 1. The van der Waals surface area contributed by atoms with E-state index in [1.54, 1.807) is 0 Å². The van der Waals surface area contributed by atoms with Crippen LogP contribution in [0.4, 0.5) is 0 Å². The summed E-state index contributed by atoms with van der Waals surface area (Å²) >= 11 is 0. The van der Waals surface area contributed by atoms with Crippen molar-refractivity contribution in [1.82, 2.24) is 9.80 Å². The van der Waals surface area contributed by atoms with Gasteiger partial charge in [0, 0.05) is 32.7 Å². The van der Waals surface area contributed by atoms with E-state index in [4.69, 9.17) is 0 Å². The molecule has 1 atom stereocenters. The minimum absolute atomic E-state index is 0.0484. The first kappa shape index (κ1) is 18.4. The van der Waals surface area contributed by atoms with Gasteiger partial charge >= 0.3 is 0 Å². The predicted octanol–water partition coefficient (Wildman–Crippen LogP) is 2.67. The summed E-state index contributed by atoms with van der Waals surface area (Å²) in [5, 5.41) is 11.3. The van der Waals surface area contributed by atoms with Gasteiger partial charge in [-0.15, -0.1) is 0 Å². The largest absolute Gasteiger partial charge is 0.377 e. The Hall–Kier alpha value is -2.01. The molecule has 4 rings (SSSR count). The molecule has 2 aromatic carbocycles. The Balaban J connectivity index is 1.35. The highest BCUT2D eigenvalue weighted by Gasteiger charge is 2.50. The lowest BCUT2D eigenvalue weighted by atomic mass is 9.84. The number of aliphatic hydroxyl groups is 1. The van der Waals surface area contributed by atoms with Crippen molar-refractivity contribution in [1.29, 1.82) is 0 Å². The van der Waals surface area contributed by atoms with E-state index >= 15 is 0 Å². The number of hydrogen-bond acceptors (Lipinski definition) is 4. The van der Waals surface area contributed by atoms with Crippen LogP contribution in [-0.4, -0.2) is 53.4 Å². The zero-order chi connectivity index (χ0) is 18.7. The Morgan fingerprint density at radius 2 is 1.44 bits per heavy atom. The molecule has 142 valence electrons. The Labute approximate surface area is 161 Å². The SMILES string of the molecule is O=C(CN1CCN(Cc2ccccc2)CC1)C(O)(c1ccccc1)C1CC1. The second-order valence-corrected chi connectivity index (χ2v) is 7.87. The van der Waals surface area contributed by atoms with Gasteiger partial charge in [0.25, 0.3) is 0 Å². The summed E-state index contributed by atoms with van der Waals surface area (Å²) in [6.07, 6.45) is 1.87. The van der Waals surface area contributed by atoms with Crippen LogP contribution in [0.15, 0.2) is 60.7 Å². The number of hydrogen-bond donors (Lipinski definition) is 1. The van der Waals surface area contributed by atoms with Gasteiger partial charge in [0.05, 0.1) is 6.54 Å². The van der Waals surface area contributed by atoms with Crippen LogP contribution in [0.1, 0.15) is 24.0 Å². The molecule has 1 aliphatic carbocycles. The van der Waals surface area contributed by atoms with Crippen molar-refractivity contribution >= 4 is 5.78 Å². The van der Waals surface area contributed by atoms with Gasteiger partial charge in [-0.3, -0.25) is 14.6 Å². The zero-order valence-corrected chi connectivity index (χ0v) is 15.8. The number of carbonyl (C=O) groups excluding carboxylic acids is 1. The maximum atomic E-state index is 13.1. The molecular weight excluding hydrogens is 336 g/mol. The monoisotopic (exact) mass is 364 g/mol. The van der Waals surface area contributed by atoms with E-state index in [-0.39, 0.29) is 11.7 Å². The van der Waals surface area contributed by atoms with E-state index in [0.717, 1.165) is 51.1 Å². The summed E-state index contributed by atoms with van der Waals surface area (Å²) in [7, 11) is 0. The lowest BCUT2D eigenvalue weighted by Gasteiger charge is -2.36. The van der Waals surface area contributed by atoms with Crippen LogP contribution in [0.3, 0.4) is 0 Å². The predicted molar refractivity (Wildman–Crippen MR) is 106 cm³/mol. The summed E-state index contributed by atoms with van der Waals surface area (Å²) in [4.78, 5) is 17.7. The quantitative estimate of drug-likeness (QED) is 0.820. The third kappa shape index (κ3) is 4.13. The molecule has 0 bridgehead atoms. The number of piperazine rings is 1. The normalized spacial score (nSPS) is 20.9. The van der Waals surface area contributed by atoms with Crippen LogP contribution >= 0.6 is 0 Å². The van der Waals surface area contributed by atoms with E-state index in [1.165, 1.54) is 5.56 Å². The van der Waals surface area contributed by atoms with Crippen molar-refractivity contribution in [3.8, 4) is 0 Å². The average molecular weight is 364 g/mol. The smallest absolute Gasteiger partial charge is 0.183 e. The highest BCUT2D eigenvalue weighted by Crippen LogP contribution is 2.46. The van der Waals surface area contributed by atoms with Crippen LogP contribution in [0, 0.1) is 5.92 Å². The molecule has 4 heteroatoms. The van der Waals surface area contributed by atoms with Gasteiger partial charge in [0.15, 0.2) is 11.4 Å². The molecule has 0 aromatic heterocycles. The average Bonchev–Trinajstić information content (AvgIpc) is 3.56. The zero-order valence-electron chi connectivity index (χ0n) is 15.8. The molecule has 1 N–H and O–H groups in total. The molecule has 0 amide bonds. The molecule has 1 unspecified atom stereocenters. The van der Waals surface area contributed by atoms with Gasteiger partial charge in [-0.1, -0.05) is 60.7 Å². The summed E-state index contributed by atoms with van der Waals surface area (Å²) < 4.78 is 0. The van der Waals surface area contributed by atoms with E-state index in [0.29, 0.717) is 6.54 Å². The minimum atomic E-state index is -1.32. The highest BCUT2D eigenvalue weighted by atomic mass is 16.3. The first-order chi connectivity index (χ1) is 13.2. The fourth-order valence-electron chi connectivity index (χ4n) is 4.09. The van der Waals surface area contributed by atoms with Crippen LogP contribution in [0.2, 0.25) is 0 Å². The summed E-state index contributed by atoms with van der Waals surface area (Å²) in [6, 6.07) is 20.0. The van der Waals surface area contributed by atoms with Crippen molar-refractivity contribution in [3.05, 3.63) is 71.8 Å². The maximum Gasteiger partial charge on any atom is 0.183 e. The molecule has 0 spiro atoms. The van der Waals surface area contributed by atoms with Gasteiger partial charge in [-0.25, -0.2) is 0 Å². The molecule has 1 heterocycles. The first-order valence-electron chi connectivity index (χ1n) is 9.96. The van der Waals surface area contributed by atoms with E-state index < -0.39 is 5.60 Å². The maximum absolute atomic E-state index is 13.1. The Morgan fingerprint density at radius 3 is 2.04 bits per heavy atom. The number of benzene rings is 2. The standard InChI is InChI=1S/C23H28N2O2/c26-22(23(27,21-11-12-21)20-9-5-2-6-10-20)18-25-15-13-24(14-16-25)17-19-7-3-1-4-8-19/h1-10,21,27H,11-18H2. The number of nitrogens with zero attached hydrogens (tertiary/aromatic N) is 2. The fraction of sp³-hybridized carbons (Fsp3) is 0.435. The molecule has 2 aliphatic rings. The summed E-state index contributed by atoms with van der Waals surface area (Å²) in [6.45, 7) is 4.94. The number of carbonyl (C=O) groups is 1. The summed E-state index contributed by atoms with van der Waals surface area (Å²) in [5.74, 6) is 0.0273. The molecule has 2 aromatic rings.